The van der Waals surface area contributed by atoms with Gasteiger partial charge in [-0.3, -0.25) is 0 Å². The van der Waals surface area contributed by atoms with Crippen molar-refractivity contribution < 1.29 is 0 Å². The second-order valence-electron chi connectivity index (χ2n) is 4.38. The van der Waals surface area contributed by atoms with Gasteiger partial charge in [0.05, 0.1) is 0 Å². The Kier molecular flexibility index (Phi) is 3.21. The molecular formula is C10H18N4S. The monoisotopic (exact) mass is 226 g/mol. The van der Waals surface area contributed by atoms with Gasteiger partial charge in [0.25, 0.3) is 0 Å². The van der Waals surface area contributed by atoms with Gasteiger partial charge in [-0.2, -0.15) is 4.37 Å². The number of hydrogen-bond donors (Lipinski definition) is 2. The predicted octanol–water partition coefficient (Wildman–Crippen LogP) is 1.81. The molecule has 1 aliphatic rings. The lowest BCUT2D eigenvalue weighted by molar-refractivity contribution is 0.521. The first-order chi connectivity index (χ1) is 7.20. The van der Waals surface area contributed by atoms with Crippen LogP contribution in [0.5, 0.6) is 0 Å². The van der Waals surface area contributed by atoms with Crippen molar-refractivity contribution in [2.45, 2.75) is 38.6 Å². The molecule has 0 bridgehead atoms. The number of nitrogens with one attached hydrogen (secondary N) is 1. The van der Waals surface area contributed by atoms with Gasteiger partial charge in [0, 0.05) is 23.5 Å². The predicted molar refractivity (Wildman–Crippen MR) is 63.2 cm³/mol. The summed E-state index contributed by atoms with van der Waals surface area (Å²) in [6.07, 6.45) is 2.51. The lowest BCUT2D eigenvalue weighted by Gasteiger charge is -2.18. The minimum atomic E-state index is 0.356. The average Bonchev–Trinajstić information content (AvgIpc) is 2.99. The van der Waals surface area contributed by atoms with Gasteiger partial charge in [0.1, 0.15) is 5.82 Å². The highest BCUT2D eigenvalue weighted by Crippen LogP contribution is 2.39. The number of nitrogens with zero attached hydrogens (tertiary/aromatic N) is 2. The Hall–Kier alpha value is -0.680. The quantitative estimate of drug-likeness (QED) is 0.803. The number of hydrogen-bond acceptors (Lipinski definition) is 5. The second-order valence-corrected chi connectivity index (χ2v) is 5.13. The summed E-state index contributed by atoms with van der Waals surface area (Å²) in [6, 6.07) is 0.356. The van der Waals surface area contributed by atoms with Gasteiger partial charge in [0.2, 0.25) is 5.13 Å². The van der Waals surface area contributed by atoms with Gasteiger partial charge >= 0.3 is 0 Å². The second kappa shape index (κ2) is 4.45. The van der Waals surface area contributed by atoms with E-state index in [2.05, 4.69) is 28.5 Å². The van der Waals surface area contributed by atoms with Gasteiger partial charge in [-0.25, -0.2) is 4.98 Å². The third-order valence-electron chi connectivity index (χ3n) is 2.96. The summed E-state index contributed by atoms with van der Waals surface area (Å²) >= 11 is 1.46. The van der Waals surface area contributed by atoms with E-state index >= 15 is 0 Å². The van der Waals surface area contributed by atoms with Crippen LogP contribution in [0.15, 0.2) is 0 Å². The summed E-state index contributed by atoms with van der Waals surface area (Å²) in [5.41, 5.74) is 5.62. The molecule has 1 heterocycles. The van der Waals surface area contributed by atoms with Crippen LogP contribution in [0.2, 0.25) is 0 Å². The zero-order valence-corrected chi connectivity index (χ0v) is 10.0. The van der Waals surface area contributed by atoms with Crippen molar-refractivity contribution in [1.29, 1.82) is 0 Å². The Balaban J connectivity index is 1.91. The first-order valence-electron chi connectivity index (χ1n) is 5.51. The van der Waals surface area contributed by atoms with E-state index in [9.17, 15) is 0 Å². The molecule has 5 heteroatoms. The molecule has 2 atom stereocenters. The van der Waals surface area contributed by atoms with Crippen molar-refractivity contribution in [3.05, 3.63) is 5.82 Å². The van der Waals surface area contributed by atoms with Crippen LogP contribution >= 0.6 is 11.5 Å². The number of rotatable bonds is 5. The van der Waals surface area contributed by atoms with Crippen LogP contribution in [0, 0.1) is 5.92 Å². The third-order valence-corrected chi connectivity index (χ3v) is 3.62. The first-order valence-corrected chi connectivity index (χ1v) is 6.28. The lowest BCUT2D eigenvalue weighted by atomic mass is 10.1. The number of anilines is 1. The summed E-state index contributed by atoms with van der Waals surface area (Å²) in [5, 5.41) is 4.30. The van der Waals surface area contributed by atoms with E-state index in [1.165, 1.54) is 24.4 Å². The van der Waals surface area contributed by atoms with Crippen molar-refractivity contribution in [1.82, 2.24) is 9.36 Å². The van der Waals surface area contributed by atoms with Gasteiger partial charge in [-0.1, -0.05) is 6.92 Å². The molecule has 1 aromatic heterocycles. The van der Waals surface area contributed by atoms with Gasteiger partial charge in [0.15, 0.2) is 0 Å². The molecule has 4 nitrogen and oxygen atoms in total. The van der Waals surface area contributed by atoms with E-state index in [0.717, 1.165) is 11.0 Å². The molecule has 1 aliphatic carbocycles. The molecule has 15 heavy (non-hydrogen) atoms. The molecular weight excluding hydrogens is 208 g/mol. The molecule has 1 fully saturated rings. The molecule has 1 aromatic rings. The molecule has 0 spiro atoms. The first kappa shape index (κ1) is 10.8. The van der Waals surface area contributed by atoms with Crippen LogP contribution in [0.4, 0.5) is 5.13 Å². The van der Waals surface area contributed by atoms with E-state index in [1.54, 1.807) is 0 Å². The van der Waals surface area contributed by atoms with E-state index in [1.807, 2.05) is 0 Å². The van der Waals surface area contributed by atoms with Crippen molar-refractivity contribution >= 4 is 16.7 Å². The average molecular weight is 226 g/mol. The van der Waals surface area contributed by atoms with Crippen molar-refractivity contribution in [2.75, 3.05) is 11.9 Å². The maximum atomic E-state index is 5.62. The zero-order valence-electron chi connectivity index (χ0n) is 9.23. The van der Waals surface area contributed by atoms with Crippen LogP contribution in [0.25, 0.3) is 0 Å². The van der Waals surface area contributed by atoms with Gasteiger partial charge in [-0.05, 0) is 32.2 Å². The zero-order chi connectivity index (χ0) is 10.8. The topological polar surface area (TPSA) is 63.8 Å². The van der Waals surface area contributed by atoms with Crippen LogP contribution in [-0.4, -0.2) is 21.9 Å². The highest BCUT2D eigenvalue weighted by atomic mass is 32.1. The summed E-state index contributed by atoms with van der Waals surface area (Å²) in [6.45, 7) is 4.97. The van der Waals surface area contributed by atoms with Crippen LogP contribution in [0.1, 0.15) is 38.4 Å². The molecule has 0 aromatic carbocycles. The Morgan fingerprint density at radius 1 is 1.53 bits per heavy atom. The third kappa shape index (κ3) is 2.66. The summed E-state index contributed by atoms with van der Waals surface area (Å²) in [7, 11) is 0. The molecule has 0 aliphatic heterocycles. The number of nitrogens with two attached hydrogens (primary N) is 1. The van der Waals surface area contributed by atoms with E-state index in [-0.39, 0.29) is 0 Å². The minimum Gasteiger partial charge on any atom is -0.358 e. The van der Waals surface area contributed by atoms with Gasteiger partial charge < -0.3 is 11.1 Å². The largest absolute Gasteiger partial charge is 0.358 e. The Labute approximate surface area is 94.5 Å². The maximum Gasteiger partial charge on any atom is 0.202 e. The maximum absolute atomic E-state index is 5.62. The fourth-order valence-electron chi connectivity index (χ4n) is 1.34. The van der Waals surface area contributed by atoms with Crippen LogP contribution in [-0.2, 0) is 0 Å². The summed E-state index contributed by atoms with van der Waals surface area (Å²) < 4.78 is 4.35. The molecule has 2 unspecified atom stereocenters. The standard InChI is InChI=1S/C10H18N4S/c1-6(5-11)7(2)12-10-13-9(14-15-10)8-3-4-8/h6-8H,3-5,11H2,1-2H3,(H,12,13,14). The van der Waals surface area contributed by atoms with Crippen LogP contribution < -0.4 is 11.1 Å². The fourth-order valence-corrected chi connectivity index (χ4v) is 2.08. The molecule has 3 N–H and O–H groups in total. The summed E-state index contributed by atoms with van der Waals surface area (Å²) in [5.74, 6) is 2.12. The molecule has 0 amide bonds. The molecule has 1 saturated carbocycles. The molecule has 0 saturated heterocycles. The Morgan fingerprint density at radius 2 is 2.27 bits per heavy atom. The van der Waals surface area contributed by atoms with Crippen LogP contribution in [0.3, 0.4) is 0 Å². The van der Waals surface area contributed by atoms with E-state index in [4.69, 9.17) is 5.73 Å². The molecule has 0 radical (unpaired) electrons. The highest BCUT2D eigenvalue weighted by molar-refractivity contribution is 7.09. The van der Waals surface area contributed by atoms with Crippen molar-refractivity contribution in [3.63, 3.8) is 0 Å². The fraction of sp³-hybridized carbons (Fsp3) is 0.800. The normalized spacial score (nSPS) is 19.9. The van der Waals surface area contributed by atoms with Crippen molar-refractivity contribution in [3.8, 4) is 0 Å². The number of aromatic nitrogens is 2. The highest BCUT2D eigenvalue weighted by Gasteiger charge is 2.28. The molecule has 2 rings (SSSR count). The van der Waals surface area contributed by atoms with Gasteiger partial charge in [-0.15, -0.1) is 0 Å². The minimum absolute atomic E-state index is 0.356. The SMILES string of the molecule is CC(CN)C(C)Nc1nc(C2CC2)ns1. The van der Waals surface area contributed by atoms with E-state index < -0.39 is 0 Å². The Morgan fingerprint density at radius 3 is 2.87 bits per heavy atom. The Bertz CT molecular complexity index is 321. The lowest BCUT2D eigenvalue weighted by Crippen LogP contribution is -2.29. The smallest absolute Gasteiger partial charge is 0.202 e. The van der Waals surface area contributed by atoms with Crippen molar-refractivity contribution in [2.24, 2.45) is 11.7 Å². The van der Waals surface area contributed by atoms with E-state index in [0.29, 0.717) is 24.4 Å². The summed E-state index contributed by atoms with van der Waals surface area (Å²) in [4.78, 5) is 4.48. The molecule has 84 valence electrons.